The van der Waals surface area contributed by atoms with Gasteiger partial charge >= 0.3 is 0 Å². The summed E-state index contributed by atoms with van der Waals surface area (Å²) < 4.78 is 0. The number of nitrogens with one attached hydrogen (secondary N) is 1. The van der Waals surface area contributed by atoms with Crippen molar-refractivity contribution in [3.63, 3.8) is 0 Å². The minimum atomic E-state index is 0.0121. The normalized spacial score (nSPS) is 14.8. The molecule has 0 aromatic carbocycles. The Morgan fingerprint density at radius 3 is 2.44 bits per heavy atom. The summed E-state index contributed by atoms with van der Waals surface area (Å²) in [5, 5.41) is 12.3. The Labute approximate surface area is 101 Å². The summed E-state index contributed by atoms with van der Waals surface area (Å²) in [7, 11) is 0. The van der Waals surface area contributed by atoms with Crippen LogP contribution in [-0.4, -0.2) is 36.6 Å². The Hall–Kier alpha value is -0.590. The van der Waals surface area contributed by atoms with Crippen LogP contribution >= 0.6 is 0 Å². The van der Waals surface area contributed by atoms with Gasteiger partial charge in [0.15, 0.2) is 0 Å². The SMILES string of the molecule is CCCNC(C#N)CCN(CC)C(C)CC. The van der Waals surface area contributed by atoms with Crippen LogP contribution in [0.15, 0.2) is 0 Å². The van der Waals surface area contributed by atoms with Gasteiger partial charge in [0.2, 0.25) is 0 Å². The van der Waals surface area contributed by atoms with Crippen molar-refractivity contribution in [3.05, 3.63) is 0 Å². The first-order chi connectivity index (χ1) is 7.69. The van der Waals surface area contributed by atoms with Crippen molar-refractivity contribution in [2.45, 2.75) is 59.0 Å². The molecule has 0 bridgehead atoms. The summed E-state index contributed by atoms with van der Waals surface area (Å²) >= 11 is 0. The van der Waals surface area contributed by atoms with Crippen LogP contribution in [0.25, 0.3) is 0 Å². The Bertz CT molecular complexity index is 198. The van der Waals surface area contributed by atoms with Crippen LogP contribution in [0, 0.1) is 11.3 Å². The van der Waals surface area contributed by atoms with E-state index >= 15 is 0 Å². The molecule has 0 amide bonds. The first-order valence-electron chi connectivity index (χ1n) is 6.56. The average molecular weight is 225 g/mol. The molecule has 0 aliphatic heterocycles. The highest BCUT2D eigenvalue weighted by Gasteiger charge is 2.12. The second kappa shape index (κ2) is 9.62. The van der Waals surface area contributed by atoms with Gasteiger partial charge in [0, 0.05) is 12.6 Å². The zero-order valence-electron chi connectivity index (χ0n) is 11.3. The molecule has 2 unspecified atom stereocenters. The molecule has 16 heavy (non-hydrogen) atoms. The van der Waals surface area contributed by atoms with Gasteiger partial charge in [0.05, 0.1) is 12.1 Å². The molecule has 94 valence electrons. The number of nitrogens with zero attached hydrogens (tertiary/aromatic N) is 2. The van der Waals surface area contributed by atoms with Crippen molar-refractivity contribution in [2.24, 2.45) is 0 Å². The van der Waals surface area contributed by atoms with E-state index < -0.39 is 0 Å². The number of hydrogen-bond donors (Lipinski definition) is 1. The van der Waals surface area contributed by atoms with Gasteiger partial charge in [0.1, 0.15) is 0 Å². The highest BCUT2D eigenvalue weighted by molar-refractivity contribution is 4.90. The molecule has 0 radical (unpaired) electrons. The average Bonchev–Trinajstić information content (AvgIpc) is 2.33. The van der Waals surface area contributed by atoms with Crippen LogP contribution in [0.5, 0.6) is 0 Å². The Morgan fingerprint density at radius 1 is 1.31 bits per heavy atom. The van der Waals surface area contributed by atoms with Gasteiger partial charge in [-0.15, -0.1) is 0 Å². The predicted molar refractivity (Wildman–Crippen MR) is 69.3 cm³/mol. The van der Waals surface area contributed by atoms with E-state index in [-0.39, 0.29) is 6.04 Å². The molecule has 0 saturated carbocycles. The predicted octanol–water partition coefficient (Wildman–Crippen LogP) is 2.39. The maximum Gasteiger partial charge on any atom is 0.0965 e. The molecule has 2 atom stereocenters. The van der Waals surface area contributed by atoms with Gasteiger partial charge in [-0.05, 0) is 39.3 Å². The van der Waals surface area contributed by atoms with Gasteiger partial charge in [0.25, 0.3) is 0 Å². The Morgan fingerprint density at radius 2 is 2.00 bits per heavy atom. The van der Waals surface area contributed by atoms with Gasteiger partial charge < -0.3 is 10.2 Å². The number of nitriles is 1. The fourth-order valence-electron chi connectivity index (χ4n) is 1.77. The third kappa shape index (κ3) is 6.09. The van der Waals surface area contributed by atoms with Crippen LogP contribution in [-0.2, 0) is 0 Å². The van der Waals surface area contributed by atoms with Crippen molar-refractivity contribution >= 4 is 0 Å². The van der Waals surface area contributed by atoms with Gasteiger partial charge in [-0.3, -0.25) is 0 Å². The molecule has 0 rings (SSSR count). The summed E-state index contributed by atoms with van der Waals surface area (Å²) in [4.78, 5) is 2.44. The van der Waals surface area contributed by atoms with Crippen molar-refractivity contribution < 1.29 is 0 Å². The van der Waals surface area contributed by atoms with E-state index in [0.717, 1.165) is 32.5 Å². The first-order valence-corrected chi connectivity index (χ1v) is 6.56. The van der Waals surface area contributed by atoms with Gasteiger partial charge in [-0.1, -0.05) is 20.8 Å². The van der Waals surface area contributed by atoms with E-state index in [9.17, 15) is 0 Å². The molecule has 0 fully saturated rings. The zero-order valence-corrected chi connectivity index (χ0v) is 11.3. The summed E-state index contributed by atoms with van der Waals surface area (Å²) in [6.45, 7) is 11.8. The van der Waals surface area contributed by atoms with Gasteiger partial charge in [-0.25, -0.2) is 0 Å². The Balaban J connectivity index is 3.93. The molecular weight excluding hydrogens is 198 g/mol. The molecule has 0 spiro atoms. The molecule has 0 aliphatic carbocycles. The van der Waals surface area contributed by atoms with Crippen molar-refractivity contribution in [3.8, 4) is 6.07 Å². The summed E-state index contributed by atoms with van der Waals surface area (Å²) in [6, 6.07) is 2.97. The molecule has 3 heteroatoms. The quantitative estimate of drug-likeness (QED) is 0.655. The molecule has 0 aliphatic rings. The van der Waals surface area contributed by atoms with Crippen LogP contribution < -0.4 is 5.32 Å². The molecule has 0 aromatic heterocycles. The lowest BCUT2D eigenvalue weighted by Gasteiger charge is -2.27. The first kappa shape index (κ1) is 15.4. The van der Waals surface area contributed by atoms with E-state index in [4.69, 9.17) is 5.26 Å². The fraction of sp³-hybridized carbons (Fsp3) is 0.923. The zero-order chi connectivity index (χ0) is 12.4. The highest BCUT2D eigenvalue weighted by Crippen LogP contribution is 2.05. The van der Waals surface area contributed by atoms with Crippen molar-refractivity contribution in [1.29, 1.82) is 5.26 Å². The van der Waals surface area contributed by atoms with E-state index in [1.165, 1.54) is 6.42 Å². The second-order valence-electron chi connectivity index (χ2n) is 4.31. The standard InChI is InChI=1S/C13H27N3/c1-5-9-15-13(11-14)8-10-16(7-3)12(4)6-2/h12-13,15H,5-10H2,1-4H3. The third-order valence-corrected chi connectivity index (χ3v) is 3.12. The third-order valence-electron chi connectivity index (χ3n) is 3.12. The lowest BCUT2D eigenvalue weighted by atomic mass is 10.1. The summed E-state index contributed by atoms with van der Waals surface area (Å²) in [6.07, 6.45) is 3.18. The lowest BCUT2D eigenvalue weighted by molar-refractivity contribution is 0.207. The number of hydrogen-bond acceptors (Lipinski definition) is 3. The molecule has 3 nitrogen and oxygen atoms in total. The van der Waals surface area contributed by atoms with E-state index in [1.807, 2.05) is 0 Å². The van der Waals surface area contributed by atoms with Crippen LogP contribution in [0.4, 0.5) is 0 Å². The summed E-state index contributed by atoms with van der Waals surface area (Å²) in [5.74, 6) is 0. The maximum absolute atomic E-state index is 9.00. The maximum atomic E-state index is 9.00. The van der Waals surface area contributed by atoms with Crippen molar-refractivity contribution in [2.75, 3.05) is 19.6 Å². The topological polar surface area (TPSA) is 39.1 Å². The summed E-state index contributed by atoms with van der Waals surface area (Å²) in [5.41, 5.74) is 0. The minimum absolute atomic E-state index is 0.0121. The smallest absolute Gasteiger partial charge is 0.0965 e. The van der Waals surface area contributed by atoms with E-state index in [2.05, 4.69) is 44.0 Å². The van der Waals surface area contributed by atoms with Gasteiger partial charge in [-0.2, -0.15) is 5.26 Å². The monoisotopic (exact) mass is 225 g/mol. The van der Waals surface area contributed by atoms with Crippen LogP contribution in [0.2, 0.25) is 0 Å². The van der Waals surface area contributed by atoms with E-state index in [1.54, 1.807) is 0 Å². The van der Waals surface area contributed by atoms with Crippen molar-refractivity contribution in [1.82, 2.24) is 10.2 Å². The Kier molecular flexibility index (Phi) is 9.27. The minimum Gasteiger partial charge on any atom is -0.302 e. The highest BCUT2D eigenvalue weighted by atomic mass is 15.1. The fourth-order valence-corrected chi connectivity index (χ4v) is 1.77. The largest absolute Gasteiger partial charge is 0.302 e. The second-order valence-corrected chi connectivity index (χ2v) is 4.31. The molecule has 1 N–H and O–H groups in total. The van der Waals surface area contributed by atoms with Crippen LogP contribution in [0.3, 0.4) is 0 Å². The molecular formula is C13H27N3. The molecule has 0 heterocycles. The van der Waals surface area contributed by atoms with Crippen LogP contribution in [0.1, 0.15) is 47.0 Å². The lowest BCUT2D eigenvalue weighted by Crippen LogP contribution is -2.37. The number of rotatable bonds is 9. The van der Waals surface area contributed by atoms with E-state index in [0.29, 0.717) is 6.04 Å². The molecule has 0 aromatic rings. The molecule has 0 saturated heterocycles.